The standard InChI is InChI=1S/C13H17Cl2NO/c1-3-16-10(2)11-4-6-13(7-5-11)17-9-12(15)8-14/h4-8,10,16H,3,9H2,1-2H3. The molecule has 0 aliphatic rings. The molecule has 0 saturated carbocycles. The molecule has 0 heterocycles. The van der Waals surface area contributed by atoms with E-state index in [0.29, 0.717) is 17.7 Å². The highest BCUT2D eigenvalue weighted by Gasteiger charge is 2.03. The Bertz CT molecular complexity index is 362. The maximum absolute atomic E-state index is 5.73. The summed E-state index contributed by atoms with van der Waals surface area (Å²) >= 11 is 11.2. The third-order valence-electron chi connectivity index (χ3n) is 2.39. The maximum Gasteiger partial charge on any atom is 0.125 e. The summed E-state index contributed by atoms with van der Waals surface area (Å²) in [5, 5.41) is 3.84. The molecule has 0 saturated heterocycles. The largest absolute Gasteiger partial charge is 0.488 e. The van der Waals surface area contributed by atoms with E-state index in [1.54, 1.807) is 0 Å². The molecule has 0 aliphatic heterocycles. The first-order valence-electron chi connectivity index (χ1n) is 5.58. The summed E-state index contributed by atoms with van der Waals surface area (Å²) in [6.07, 6.45) is 0. The van der Waals surface area contributed by atoms with Crippen LogP contribution in [0, 0.1) is 0 Å². The topological polar surface area (TPSA) is 21.3 Å². The average molecular weight is 274 g/mol. The van der Waals surface area contributed by atoms with Gasteiger partial charge in [0.25, 0.3) is 0 Å². The number of ether oxygens (including phenoxy) is 1. The van der Waals surface area contributed by atoms with E-state index in [4.69, 9.17) is 27.9 Å². The van der Waals surface area contributed by atoms with Gasteiger partial charge < -0.3 is 10.1 Å². The summed E-state index contributed by atoms with van der Waals surface area (Å²) in [5.74, 6) is 0.786. The summed E-state index contributed by atoms with van der Waals surface area (Å²) in [6, 6.07) is 8.30. The molecule has 0 radical (unpaired) electrons. The Labute approximate surface area is 113 Å². The van der Waals surface area contributed by atoms with Gasteiger partial charge in [-0.1, -0.05) is 42.3 Å². The lowest BCUT2D eigenvalue weighted by atomic mass is 10.1. The van der Waals surface area contributed by atoms with Crippen molar-refractivity contribution in [2.75, 3.05) is 13.2 Å². The predicted octanol–water partition coefficient (Wildman–Crippen LogP) is 4.05. The van der Waals surface area contributed by atoms with Crippen LogP contribution < -0.4 is 10.1 Å². The monoisotopic (exact) mass is 273 g/mol. The SMILES string of the molecule is CCNC(C)c1ccc(OCC(Cl)=CCl)cc1. The van der Waals surface area contributed by atoms with E-state index in [1.165, 1.54) is 11.1 Å². The average Bonchev–Trinajstić information content (AvgIpc) is 2.36. The van der Waals surface area contributed by atoms with Crippen LogP contribution in [0.15, 0.2) is 34.8 Å². The summed E-state index contributed by atoms with van der Waals surface area (Å²) in [7, 11) is 0. The highest BCUT2D eigenvalue weighted by atomic mass is 35.5. The molecule has 4 heteroatoms. The second kappa shape index (κ2) is 7.59. The lowest BCUT2D eigenvalue weighted by molar-refractivity contribution is 0.359. The van der Waals surface area contributed by atoms with Gasteiger partial charge in [-0.25, -0.2) is 0 Å². The van der Waals surface area contributed by atoms with E-state index in [0.717, 1.165) is 12.3 Å². The van der Waals surface area contributed by atoms with Crippen LogP contribution in [0.5, 0.6) is 5.75 Å². The minimum atomic E-state index is 0.299. The fourth-order valence-corrected chi connectivity index (χ4v) is 1.58. The molecule has 1 atom stereocenters. The second-order valence-corrected chi connectivity index (χ2v) is 4.40. The molecule has 0 amide bonds. The zero-order valence-electron chi connectivity index (χ0n) is 10.0. The highest BCUT2D eigenvalue weighted by Crippen LogP contribution is 2.18. The quantitative estimate of drug-likeness (QED) is 0.844. The van der Waals surface area contributed by atoms with Crippen LogP contribution >= 0.6 is 23.2 Å². The predicted molar refractivity (Wildman–Crippen MR) is 73.8 cm³/mol. The van der Waals surface area contributed by atoms with Crippen molar-refractivity contribution in [3.63, 3.8) is 0 Å². The lowest BCUT2D eigenvalue weighted by Gasteiger charge is -2.13. The van der Waals surface area contributed by atoms with Crippen LogP contribution in [0.1, 0.15) is 25.5 Å². The van der Waals surface area contributed by atoms with Gasteiger partial charge in [0, 0.05) is 11.6 Å². The molecule has 17 heavy (non-hydrogen) atoms. The third-order valence-corrected chi connectivity index (χ3v) is 2.98. The van der Waals surface area contributed by atoms with Crippen molar-refractivity contribution in [2.24, 2.45) is 0 Å². The molecule has 0 aromatic heterocycles. The van der Waals surface area contributed by atoms with Crippen LogP contribution in [0.3, 0.4) is 0 Å². The highest BCUT2D eigenvalue weighted by molar-refractivity contribution is 6.36. The molecular formula is C13H17Cl2NO. The molecule has 1 N–H and O–H groups in total. The number of hydrogen-bond donors (Lipinski definition) is 1. The van der Waals surface area contributed by atoms with Gasteiger partial charge in [-0.15, -0.1) is 0 Å². The Morgan fingerprint density at radius 2 is 2.06 bits per heavy atom. The normalized spacial score (nSPS) is 13.5. The van der Waals surface area contributed by atoms with Gasteiger partial charge in [0.2, 0.25) is 0 Å². The molecule has 2 nitrogen and oxygen atoms in total. The number of benzene rings is 1. The van der Waals surface area contributed by atoms with Gasteiger partial charge in [-0.3, -0.25) is 0 Å². The maximum atomic E-state index is 5.73. The zero-order valence-corrected chi connectivity index (χ0v) is 11.6. The first-order valence-corrected chi connectivity index (χ1v) is 6.39. The number of nitrogens with one attached hydrogen (secondary N) is 1. The molecule has 0 aliphatic carbocycles. The zero-order chi connectivity index (χ0) is 12.7. The lowest BCUT2D eigenvalue weighted by Crippen LogP contribution is -2.17. The van der Waals surface area contributed by atoms with Crippen LogP contribution in [0.4, 0.5) is 0 Å². The van der Waals surface area contributed by atoms with Crippen molar-refractivity contribution in [3.05, 3.63) is 40.4 Å². The third kappa shape index (κ3) is 4.99. The fourth-order valence-electron chi connectivity index (χ4n) is 1.46. The van der Waals surface area contributed by atoms with E-state index in [-0.39, 0.29) is 0 Å². The summed E-state index contributed by atoms with van der Waals surface area (Å²) in [5.41, 5.74) is 2.54. The molecular weight excluding hydrogens is 257 g/mol. The van der Waals surface area contributed by atoms with Crippen molar-refractivity contribution < 1.29 is 4.74 Å². The molecule has 1 aromatic carbocycles. The molecule has 0 bridgehead atoms. The van der Waals surface area contributed by atoms with Crippen LogP contribution in [-0.2, 0) is 0 Å². The van der Waals surface area contributed by atoms with Crippen molar-refractivity contribution in [2.45, 2.75) is 19.9 Å². The van der Waals surface area contributed by atoms with Gasteiger partial charge in [-0.2, -0.15) is 0 Å². The smallest absolute Gasteiger partial charge is 0.125 e. The van der Waals surface area contributed by atoms with Crippen molar-refractivity contribution in [3.8, 4) is 5.75 Å². The summed E-state index contributed by atoms with van der Waals surface area (Å²) in [4.78, 5) is 0. The molecule has 1 rings (SSSR count). The van der Waals surface area contributed by atoms with E-state index in [2.05, 4.69) is 19.2 Å². The van der Waals surface area contributed by atoms with E-state index < -0.39 is 0 Å². The second-order valence-electron chi connectivity index (χ2n) is 3.69. The Balaban J connectivity index is 2.55. The van der Waals surface area contributed by atoms with Gasteiger partial charge in [0.15, 0.2) is 0 Å². The van der Waals surface area contributed by atoms with Gasteiger partial charge in [0.1, 0.15) is 12.4 Å². The Hall–Kier alpha value is -0.700. The van der Waals surface area contributed by atoms with E-state index in [9.17, 15) is 0 Å². The molecule has 1 unspecified atom stereocenters. The Morgan fingerprint density at radius 1 is 1.41 bits per heavy atom. The van der Waals surface area contributed by atoms with Crippen LogP contribution in [0.2, 0.25) is 0 Å². The van der Waals surface area contributed by atoms with Crippen molar-refractivity contribution in [1.29, 1.82) is 0 Å². The van der Waals surface area contributed by atoms with E-state index in [1.807, 2.05) is 24.3 Å². The summed E-state index contributed by atoms with van der Waals surface area (Å²) < 4.78 is 5.45. The van der Waals surface area contributed by atoms with Crippen molar-refractivity contribution in [1.82, 2.24) is 5.32 Å². The number of rotatable bonds is 6. The van der Waals surface area contributed by atoms with Gasteiger partial charge in [-0.05, 0) is 31.2 Å². The Morgan fingerprint density at radius 3 is 2.59 bits per heavy atom. The first-order chi connectivity index (χ1) is 8.17. The first kappa shape index (κ1) is 14.4. The van der Waals surface area contributed by atoms with Crippen LogP contribution in [0.25, 0.3) is 0 Å². The Kier molecular flexibility index (Phi) is 6.41. The van der Waals surface area contributed by atoms with E-state index >= 15 is 0 Å². The van der Waals surface area contributed by atoms with Gasteiger partial charge in [0.05, 0.1) is 5.03 Å². The van der Waals surface area contributed by atoms with Crippen LogP contribution in [-0.4, -0.2) is 13.2 Å². The minimum absolute atomic E-state index is 0.299. The molecule has 0 spiro atoms. The number of hydrogen-bond acceptors (Lipinski definition) is 2. The molecule has 1 aromatic rings. The van der Waals surface area contributed by atoms with Crippen molar-refractivity contribution >= 4 is 23.2 Å². The summed E-state index contributed by atoms with van der Waals surface area (Å²) in [6.45, 7) is 5.48. The van der Waals surface area contributed by atoms with Gasteiger partial charge >= 0.3 is 0 Å². The fraction of sp³-hybridized carbons (Fsp3) is 0.385. The minimum Gasteiger partial charge on any atom is -0.488 e. The number of halogens is 2. The molecule has 94 valence electrons. The molecule has 0 fully saturated rings.